The summed E-state index contributed by atoms with van der Waals surface area (Å²) >= 11 is 7.25. The second-order valence-corrected chi connectivity index (χ2v) is 6.47. The van der Waals surface area contributed by atoms with Crippen LogP contribution in [0.1, 0.15) is 22.8 Å². The molecule has 0 aromatic heterocycles. The standard InChI is InChI=1S/C18H18ClNO3S/c1-3-23-18(22)15-5-4-6-16(12(15)2)20-17(21)11-24-14-9-7-13(19)8-10-14/h4-10H,3,11H2,1-2H3,(H,20,21). The number of ether oxygens (including phenoxy) is 1. The smallest absolute Gasteiger partial charge is 0.338 e. The molecule has 0 spiro atoms. The second-order valence-electron chi connectivity index (χ2n) is 4.99. The lowest BCUT2D eigenvalue weighted by Gasteiger charge is -2.12. The minimum atomic E-state index is -0.387. The Labute approximate surface area is 150 Å². The van der Waals surface area contributed by atoms with Crippen LogP contribution in [0.15, 0.2) is 47.4 Å². The number of amides is 1. The molecule has 0 bridgehead atoms. The van der Waals surface area contributed by atoms with Crippen molar-refractivity contribution < 1.29 is 14.3 Å². The molecule has 2 aromatic rings. The monoisotopic (exact) mass is 363 g/mol. The number of hydrogen-bond acceptors (Lipinski definition) is 4. The van der Waals surface area contributed by atoms with Crippen molar-refractivity contribution in [1.82, 2.24) is 0 Å². The molecule has 0 unspecified atom stereocenters. The van der Waals surface area contributed by atoms with Gasteiger partial charge in [-0.2, -0.15) is 0 Å². The molecule has 0 atom stereocenters. The van der Waals surface area contributed by atoms with Crippen molar-refractivity contribution in [1.29, 1.82) is 0 Å². The molecule has 126 valence electrons. The van der Waals surface area contributed by atoms with E-state index in [4.69, 9.17) is 16.3 Å². The number of benzene rings is 2. The number of anilines is 1. The van der Waals surface area contributed by atoms with Crippen molar-refractivity contribution in [3.63, 3.8) is 0 Å². The summed E-state index contributed by atoms with van der Waals surface area (Å²) in [6.45, 7) is 3.85. The minimum absolute atomic E-state index is 0.140. The van der Waals surface area contributed by atoms with Gasteiger partial charge in [-0.15, -0.1) is 11.8 Å². The normalized spacial score (nSPS) is 10.3. The first-order valence-corrected chi connectivity index (χ1v) is 8.82. The number of carbonyl (C=O) groups excluding carboxylic acids is 2. The number of halogens is 1. The Morgan fingerprint density at radius 1 is 1.17 bits per heavy atom. The maximum atomic E-state index is 12.1. The third kappa shape index (κ3) is 5.01. The second kappa shape index (κ2) is 8.76. The Morgan fingerprint density at radius 2 is 1.88 bits per heavy atom. The fraction of sp³-hybridized carbons (Fsp3) is 0.222. The molecule has 6 heteroatoms. The molecule has 1 amide bonds. The van der Waals surface area contributed by atoms with Crippen molar-refractivity contribution in [2.45, 2.75) is 18.7 Å². The molecule has 0 aliphatic heterocycles. The lowest BCUT2D eigenvalue weighted by molar-refractivity contribution is -0.113. The number of carbonyl (C=O) groups is 2. The van der Waals surface area contributed by atoms with E-state index in [0.717, 1.165) is 4.90 Å². The van der Waals surface area contributed by atoms with E-state index in [0.29, 0.717) is 28.4 Å². The first kappa shape index (κ1) is 18.4. The van der Waals surface area contributed by atoms with E-state index in [1.807, 2.05) is 12.1 Å². The summed E-state index contributed by atoms with van der Waals surface area (Å²) in [6.07, 6.45) is 0. The zero-order chi connectivity index (χ0) is 17.5. The Morgan fingerprint density at radius 3 is 2.54 bits per heavy atom. The topological polar surface area (TPSA) is 55.4 Å². The lowest BCUT2D eigenvalue weighted by atomic mass is 10.1. The van der Waals surface area contributed by atoms with Crippen LogP contribution in [-0.2, 0) is 9.53 Å². The van der Waals surface area contributed by atoms with Crippen LogP contribution in [0.2, 0.25) is 5.02 Å². The Balaban J connectivity index is 1.99. The van der Waals surface area contributed by atoms with E-state index < -0.39 is 0 Å². The molecule has 2 aromatic carbocycles. The summed E-state index contributed by atoms with van der Waals surface area (Å²) in [5, 5.41) is 3.50. The molecule has 0 saturated carbocycles. The highest BCUT2D eigenvalue weighted by Crippen LogP contribution is 2.22. The van der Waals surface area contributed by atoms with Crippen LogP contribution in [-0.4, -0.2) is 24.2 Å². The zero-order valence-electron chi connectivity index (χ0n) is 13.5. The number of rotatable bonds is 6. The van der Waals surface area contributed by atoms with Gasteiger partial charge in [0.25, 0.3) is 0 Å². The van der Waals surface area contributed by atoms with Crippen LogP contribution >= 0.6 is 23.4 Å². The molecule has 0 radical (unpaired) electrons. The van der Waals surface area contributed by atoms with E-state index in [9.17, 15) is 9.59 Å². The maximum Gasteiger partial charge on any atom is 0.338 e. The van der Waals surface area contributed by atoms with E-state index in [-0.39, 0.29) is 17.6 Å². The predicted octanol–water partition coefficient (Wildman–Crippen LogP) is 4.56. The largest absolute Gasteiger partial charge is 0.462 e. The first-order chi connectivity index (χ1) is 11.5. The summed E-state index contributed by atoms with van der Waals surface area (Å²) in [4.78, 5) is 25.0. The molecular formula is C18H18ClNO3S. The van der Waals surface area contributed by atoms with Gasteiger partial charge in [-0.1, -0.05) is 17.7 Å². The first-order valence-electron chi connectivity index (χ1n) is 7.46. The van der Waals surface area contributed by atoms with E-state index >= 15 is 0 Å². The number of nitrogens with one attached hydrogen (secondary N) is 1. The van der Waals surface area contributed by atoms with E-state index in [1.165, 1.54) is 11.8 Å². The van der Waals surface area contributed by atoms with Gasteiger partial charge in [0.05, 0.1) is 17.9 Å². The van der Waals surface area contributed by atoms with Gasteiger partial charge >= 0.3 is 5.97 Å². The fourth-order valence-electron chi connectivity index (χ4n) is 2.07. The van der Waals surface area contributed by atoms with Crippen molar-refractivity contribution in [2.75, 3.05) is 17.7 Å². The quantitative estimate of drug-likeness (QED) is 0.604. The average Bonchev–Trinajstić information content (AvgIpc) is 2.56. The van der Waals surface area contributed by atoms with Crippen molar-refractivity contribution in [2.24, 2.45) is 0 Å². The predicted molar refractivity (Wildman–Crippen MR) is 97.9 cm³/mol. The molecule has 0 aliphatic rings. The van der Waals surface area contributed by atoms with E-state index in [2.05, 4.69) is 5.32 Å². The van der Waals surface area contributed by atoms with Crippen LogP contribution in [0.25, 0.3) is 0 Å². The van der Waals surface area contributed by atoms with Gasteiger partial charge in [0.1, 0.15) is 0 Å². The average molecular weight is 364 g/mol. The number of hydrogen-bond donors (Lipinski definition) is 1. The molecule has 2 rings (SSSR count). The highest BCUT2D eigenvalue weighted by Gasteiger charge is 2.14. The highest BCUT2D eigenvalue weighted by molar-refractivity contribution is 8.00. The Hall–Kier alpha value is -1.98. The summed E-state index contributed by atoms with van der Waals surface area (Å²) in [7, 11) is 0. The van der Waals surface area contributed by atoms with Crippen LogP contribution in [0, 0.1) is 6.92 Å². The molecule has 1 N–H and O–H groups in total. The van der Waals surface area contributed by atoms with Gasteiger partial charge in [0.2, 0.25) is 5.91 Å². The molecule has 0 aliphatic carbocycles. The molecule has 24 heavy (non-hydrogen) atoms. The van der Waals surface area contributed by atoms with Gasteiger partial charge in [0.15, 0.2) is 0 Å². The SMILES string of the molecule is CCOC(=O)c1cccc(NC(=O)CSc2ccc(Cl)cc2)c1C. The lowest BCUT2D eigenvalue weighted by Crippen LogP contribution is -2.16. The third-order valence-corrected chi connectivity index (χ3v) is 4.55. The molecule has 0 heterocycles. The fourth-order valence-corrected chi connectivity index (χ4v) is 2.89. The van der Waals surface area contributed by atoms with Crippen molar-refractivity contribution >= 4 is 40.9 Å². The Bertz CT molecular complexity index is 732. The van der Waals surface area contributed by atoms with Crippen molar-refractivity contribution in [3.05, 3.63) is 58.6 Å². The van der Waals surface area contributed by atoms with Gasteiger partial charge in [-0.25, -0.2) is 4.79 Å². The molecular weight excluding hydrogens is 346 g/mol. The number of thioether (sulfide) groups is 1. The van der Waals surface area contributed by atoms with Gasteiger partial charge in [0, 0.05) is 15.6 Å². The maximum absolute atomic E-state index is 12.1. The molecule has 0 fully saturated rings. The zero-order valence-corrected chi connectivity index (χ0v) is 15.0. The highest BCUT2D eigenvalue weighted by atomic mass is 35.5. The van der Waals surface area contributed by atoms with Crippen molar-refractivity contribution in [3.8, 4) is 0 Å². The summed E-state index contributed by atoms with van der Waals surface area (Å²) in [5.74, 6) is -0.259. The number of esters is 1. The van der Waals surface area contributed by atoms with Crippen LogP contribution in [0.5, 0.6) is 0 Å². The van der Waals surface area contributed by atoms with Gasteiger partial charge in [-0.05, 0) is 55.8 Å². The Kier molecular flexibility index (Phi) is 6.70. The van der Waals surface area contributed by atoms with Crippen LogP contribution in [0.4, 0.5) is 5.69 Å². The van der Waals surface area contributed by atoms with Crippen LogP contribution < -0.4 is 5.32 Å². The third-order valence-electron chi connectivity index (χ3n) is 3.29. The molecule has 4 nitrogen and oxygen atoms in total. The van der Waals surface area contributed by atoms with Crippen LogP contribution in [0.3, 0.4) is 0 Å². The summed E-state index contributed by atoms with van der Waals surface area (Å²) < 4.78 is 5.02. The minimum Gasteiger partial charge on any atom is -0.462 e. The van der Waals surface area contributed by atoms with Gasteiger partial charge in [-0.3, -0.25) is 4.79 Å². The molecule has 0 saturated heterocycles. The summed E-state index contributed by atoms with van der Waals surface area (Å²) in [5.41, 5.74) is 1.77. The summed E-state index contributed by atoms with van der Waals surface area (Å²) in [6, 6.07) is 12.5. The van der Waals surface area contributed by atoms with E-state index in [1.54, 1.807) is 44.2 Å². The van der Waals surface area contributed by atoms with Gasteiger partial charge < -0.3 is 10.1 Å².